The van der Waals surface area contributed by atoms with Crippen LogP contribution in [-0.2, 0) is 0 Å². The van der Waals surface area contributed by atoms with Crippen LogP contribution in [0.25, 0.3) is 0 Å². The summed E-state index contributed by atoms with van der Waals surface area (Å²) in [4.78, 5) is 4.39. The fraction of sp³-hybridized carbons (Fsp3) is 0.200. The molecule has 0 unspecified atom stereocenters. The smallest absolute Gasteiger partial charge is 0.151 e. The first-order valence-corrected chi connectivity index (χ1v) is 7.26. The van der Waals surface area contributed by atoms with Gasteiger partial charge in [-0.25, -0.2) is 4.98 Å². The van der Waals surface area contributed by atoms with E-state index in [1.807, 2.05) is 6.07 Å². The van der Waals surface area contributed by atoms with Gasteiger partial charge in [0.1, 0.15) is 5.82 Å². The topological polar surface area (TPSA) is 60.7 Å². The van der Waals surface area contributed by atoms with Gasteiger partial charge in [-0.05, 0) is 30.7 Å². The molecule has 0 saturated carbocycles. The van der Waals surface area contributed by atoms with Crippen molar-refractivity contribution in [3.8, 4) is 6.07 Å². The van der Waals surface area contributed by atoms with Crippen molar-refractivity contribution in [2.45, 2.75) is 13.3 Å². The Morgan fingerprint density at radius 3 is 2.67 bits per heavy atom. The second-order valence-electron chi connectivity index (χ2n) is 4.39. The molecule has 0 aliphatic carbocycles. The van der Waals surface area contributed by atoms with Gasteiger partial charge in [-0.2, -0.15) is 5.26 Å². The van der Waals surface area contributed by atoms with Gasteiger partial charge in [0.2, 0.25) is 0 Å². The molecule has 0 radical (unpaired) electrons. The molecule has 0 atom stereocenters. The van der Waals surface area contributed by atoms with Crippen LogP contribution in [0, 0.1) is 11.3 Å². The highest BCUT2D eigenvalue weighted by molar-refractivity contribution is 6.37. The molecule has 0 aliphatic heterocycles. The molecule has 4 nitrogen and oxygen atoms in total. The van der Waals surface area contributed by atoms with Crippen LogP contribution in [0.15, 0.2) is 30.3 Å². The van der Waals surface area contributed by atoms with E-state index in [-0.39, 0.29) is 0 Å². The third-order valence-electron chi connectivity index (χ3n) is 2.73. The molecule has 2 aromatic rings. The summed E-state index contributed by atoms with van der Waals surface area (Å²) in [6, 6.07) is 10.8. The number of hydrogen-bond acceptors (Lipinski definition) is 4. The van der Waals surface area contributed by atoms with Crippen LogP contribution in [0.5, 0.6) is 0 Å². The summed E-state index contributed by atoms with van der Waals surface area (Å²) in [5, 5.41) is 16.1. The molecular weight excluding hydrogens is 307 g/mol. The minimum absolute atomic E-state index is 0.421. The van der Waals surface area contributed by atoms with Gasteiger partial charge in [0, 0.05) is 12.2 Å². The molecule has 0 amide bonds. The van der Waals surface area contributed by atoms with E-state index in [1.54, 1.807) is 24.3 Å². The molecule has 2 N–H and O–H groups in total. The zero-order valence-electron chi connectivity index (χ0n) is 11.5. The number of hydrogen-bond donors (Lipinski definition) is 2. The fourth-order valence-electron chi connectivity index (χ4n) is 1.72. The summed E-state index contributed by atoms with van der Waals surface area (Å²) in [6.07, 6.45) is 0.966. The van der Waals surface area contributed by atoms with Gasteiger partial charge in [-0.1, -0.05) is 36.2 Å². The molecule has 6 heteroatoms. The Morgan fingerprint density at radius 1 is 1.19 bits per heavy atom. The van der Waals surface area contributed by atoms with Crippen LogP contribution in [0.4, 0.5) is 17.3 Å². The summed E-state index contributed by atoms with van der Waals surface area (Å²) >= 11 is 12.3. The van der Waals surface area contributed by atoms with E-state index < -0.39 is 0 Å². The lowest BCUT2D eigenvalue weighted by Gasteiger charge is -2.12. The van der Waals surface area contributed by atoms with Crippen LogP contribution in [0.2, 0.25) is 10.0 Å². The van der Waals surface area contributed by atoms with Crippen molar-refractivity contribution >= 4 is 40.5 Å². The number of nitrogens with zero attached hydrogens (tertiary/aromatic N) is 2. The van der Waals surface area contributed by atoms with E-state index in [1.165, 1.54) is 0 Å². The van der Waals surface area contributed by atoms with Gasteiger partial charge in [-0.15, -0.1) is 0 Å². The predicted octanol–water partition coefficient (Wildman–Crippen LogP) is 4.83. The lowest BCUT2D eigenvalue weighted by molar-refractivity contribution is 0.970. The third-order valence-corrected chi connectivity index (χ3v) is 3.30. The monoisotopic (exact) mass is 320 g/mol. The molecular formula is C15H14Cl2N4. The Bertz CT molecular complexity index is 680. The molecule has 21 heavy (non-hydrogen) atoms. The Kier molecular flexibility index (Phi) is 5.26. The summed E-state index contributed by atoms with van der Waals surface area (Å²) in [6.45, 7) is 2.83. The zero-order valence-corrected chi connectivity index (χ0v) is 13.0. The van der Waals surface area contributed by atoms with E-state index in [2.05, 4.69) is 28.6 Å². The first kappa shape index (κ1) is 15.4. The standard InChI is InChI=1S/C15H14Cl2N4/c1-2-6-19-14-12(16)8-13(17)15(21-14)20-11-5-3-4-10(7-11)9-18/h3-5,7-8H,2,6H2,1H3,(H2,19,20,21). The number of aromatic nitrogens is 1. The zero-order chi connectivity index (χ0) is 15.2. The minimum Gasteiger partial charge on any atom is -0.369 e. The van der Waals surface area contributed by atoms with E-state index in [0.717, 1.165) is 18.7 Å². The van der Waals surface area contributed by atoms with E-state index in [0.29, 0.717) is 27.2 Å². The highest BCUT2D eigenvalue weighted by atomic mass is 35.5. The summed E-state index contributed by atoms with van der Waals surface area (Å²) in [5.41, 5.74) is 1.31. The van der Waals surface area contributed by atoms with Crippen LogP contribution in [-0.4, -0.2) is 11.5 Å². The third kappa shape index (κ3) is 4.01. The van der Waals surface area contributed by atoms with E-state index >= 15 is 0 Å². The van der Waals surface area contributed by atoms with Crippen molar-refractivity contribution < 1.29 is 0 Å². The van der Waals surface area contributed by atoms with Crippen molar-refractivity contribution in [1.82, 2.24) is 4.98 Å². The SMILES string of the molecule is CCCNc1nc(Nc2cccc(C#N)c2)c(Cl)cc1Cl. The van der Waals surface area contributed by atoms with Crippen LogP contribution < -0.4 is 10.6 Å². The molecule has 108 valence electrons. The van der Waals surface area contributed by atoms with Crippen LogP contribution >= 0.6 is 23.2 Å². The van der Waals surface area contributed by atoms with Crippen molar-refractivity contribution in [2.24, 2.45) is 0 Å². The normalized spacial score (nSPS) is 10.0. The number of anilines is 3. The summed E-state index contributed by atoms with van der Waals surface area (Å²) < 4.78 is 0. The minimum atomic E-state index is 0.421. The number of benzene rings is 1. The lowest BCUT2D eigenvalue weighted by Crippen LogP contribution is -2.05. The largest absolute Gasteiger partial charge is 0.369 e. The average molecular weight is 321 g/mol. The predicted molar refractivity (Wildman–Crippen MR) is 87.5 cm³/mol. The van der Waals surface area contributed by atoms with Crippen molar-refractivity contribution in [2.75, 3.05) is 17.2 Å². The number of halogens is 2. The first-order valence-electron chi connectivity index (χ1n) is 6.51. The quantitative estimate of drug-likeness (QED) is 0.828. The Labute approximate surface area is 133 Å². The van der Waals surface area contributed by atoms with Crippen molar-refractivity contribution in [3.05, 3.63) is 45.9 Å². The van der Waals surface area contributed by atoms with Gasteiger partial charge in [-0.3, -0.25) is 0 Å². The molecule has 2 rings (SSSR count). The maximum Gasteiger partial charge on any atom is 0.151 e. The molecule has 0 aliphatic rings. The molecule has 1 aromatic carbocycles. The number of pyridine rings is 1. The Hall–Kier alpha value is -1.96. The van der Waals surface area contributed by atoms with Gasteiger partial charge in [0.25, 0.3) is 0 Å². The molecule has 1 aromatic heterocycles. The van der Waals surface area contributed by atoms with Crippen LogP contribution in [0.1, 0.15) is 18.9 Å². The Balaban J connectivity index is 2.28. The maximum absolute atomic E-state index is 8.91. The molecule has 0 spiro atoms. The second kappa shape index (κ2) is 7.16. The number of nitrogens with one attached hydrogen (secondary N) is 2. The molecule has 0 fully saturated rings. The highest BCUT2D eigenvalue weighted by Gasteiger charge is 2.09. The summed E-state index contributed by atoms with van der Waals surface area (Å²) in [5.74, 6) is 1.08. The lowest BCUT2D eigenvalue weighted by atomic mass is 10.2. The second-order valence-corrected chi connectivity index (χ2v) is 5.21. The van der Waals surface area contributed by atoms with Gasteiger partial charge < -0.3 is 10.6 Å². The van der Waals surface area contributed by atoms with Crippen LogP contribution in [0.3, 0.4) is 0 Å². The highest BCUT2D eigenvalue weighted by Crippen LogP contribution is 2.31. The maximum atomic E-state index is 8.91. The summed E-state index contributed by atoms with van der Waals surface area (Å²) in [7, 11) is 0. The number of nitriles is 1. The van der Waals surface area contributed by atoms with E-state index in [4.69, 9.17) is 28.5 Å². The van der Waals surface area contributed by atoms with Gasteiger partial charge >= 0.3 is 0 Å². The average Bonchev–Trinajstić information content (AvgIpc) is 2.49. The number of rotatable bonds is 5. The van der Waals surface area contributed by atoms with Gasteiger partial charge in [0.15, 0.2) is 5.82 Å². The fourth-order valence-corrected chi connectivity index (χ4v) is 2.20. The Morgan fingerprint density at radius 2 is 1.95 bits per heavy atom. The van der Waals surface area contributed by atoms with E-state index in [9.17, 15) is 0 Å². The van der Waals surface area contributed by atoms with Gasteiger partial charge in [0.05, 0.1) is 21.7 Å². The molecule has 0 saturated heterocycles. The van der Waals surface area contributed by atoms with Crippen molar-refractivity contribution in [3.63, 3.8) is 0 Å². The van der Waals surface area contributed by atoms with Crippen molar-refractivity contribution in [1.29, 1.82) is 5.26 Å². The molecule has 1 heterocycles. The molecule has 0 bridgehead atoms. The first-order chi connectivity index (χ1) is 10.1.